The molecule has 2 unspecified atom stereocenters. The molecule has 0 N–H and O–H groups in total. The maximum Gasteiger partial charge on any atom is 0.149 e. The van der Waals surface area contributed by atoms with Crippen molar-refractivity contribution >= 4 is 29.0 Å². The van der Waals surface area contributed by atoms with E-state index in [1.54, 1.807) is 0 Å². The van der Waals surface area contributed by atoms with Gasteiger partial charge in [-0.1, -0.05) is 43.3 Å². The SMILES string of the molecule is CC1C(C=Cc2ccc(N3CCCC3)cc2)=NN(c2ccccn2)C1c1ccc(N2CCCC2)cc1. The Morgan fingerprint density at radius 1 is 0.722 bits per heavy atom. The molecule has 2 fully saturated rings. The summed E-state index contributed by atoms with van der Waals surface area (Å²) in [6, 6.07) is 24.2. The van der Waals surface area contributed by atoms with Gasteiger partial charge in [-0.2, -0.15) is 5.10 Å². The standard InChI is InChI=1S/C31H35N5/c1-24-29(18-11-25-9-14-27(15-10-25)34-20-4-5-21-34)33-36(30-8-2-3-19-32-30)31(24)26-12-16-28(17-13-26)35-22-6-7-23-35/h2-3,8-19,24,31H,4-7,20-23H2,1H3. The van der Waals surface area contributed by atoms with Crippen LogP contribution in [0, 0.1) is 5.92 Å². The smallest absolute Gasteiger partial charge is 0.149 e. The molecule has 3 aliphatic heterocycles. The molecule has 5 nitrogen and oxygen atoms in total. The zero-order valence-corrected chi connectivity index (χ0v) is 21.1. The molecule has 6 rings (SSSR count). The molecule has 0 spiro atoms. The lowest BCUT2D eigenvalue weighted by molar-refractivity contribution is 0.584. The molecule has 0 amide bonds. The summed E-state index contributed by atoms with van der Waals surface area (Å²) in [6.45, 7) is 6.95. The number of aromatic nitrogens is 1. The molecule has 0 saturated carbocycles. The number of benzene rings is 2. The minimum atomic E-state index is 0.115. The molecule has 0 aliphatic carbocycles. The number of rotatable bonds is 6. The minimum absolute atomic E-state index is 0.115. The second-order valence-corrected chi connectivity index (χ2v) is 10.2. The van der Waals surface area contributed by atoms with Gasteiger partial charge < -0.3 is 9.80 Å². The van der Waals surface area contributed by atoms with E-state index in [1.165, 1.54) is 61.3 Å². The second kappa shape index (κ2) is 10.2. The molecule has 0 radical (unpaired) electrons. The molecule has 5 heteroatoms. The third kappa shape index (κ3) is 4.62. The highest BCUT2D eigenvalue weighted by molar-refractivity contribution is 6.02. The predicted octanol–water partition coefficient (Wildman–Crippen LogP) is 6.55. The quantitative estimate of drug-likeness (QED) is 0.403. The van der Waals surface area contributed by atoms with Crippen molar-refractivity contribution in [1.82, 2.24) is 4.98 Å². The van der Waals surface area contributed by atoms with Crippen LogP contribution in [0.2, 0.25) is 0 Å². The molecule has 3 aliphatic rings. The third-order valence-electron chi connectivity index (χ3n) is 7.83. The number of pyridine rings is 1. The van der Waals surface area contributed by atoms with Crippen molar-refractivity contribution in [2.75, 3.05) is 41.0 Å². The van der Waals surface area contributed by atoms with Gasteiger partial charge in [0, 0.05) is 49.7 Å². The van der Waals surface area contributed by atoms with E-state index in [9.17, 15) is 0 Å². The number of hydrogen-bond donors (Lipinski definition) is 0. The summed E-state index contributed by atoms with van der Waals surface area (Å²) in [5, 5.41) is 7.18. The molecule has 2 aromatic carbocycles. The highest BCUT2D eigenvalue weighted by Gasteiger charge is 2.35. The molecule has 4 heterocycles. The van der Waals surface area contributed by atoms with Crippen LogP contribution < -0.4 is 14.8 Å². The average Bonchev–Trinajstić information content (AvgIpc) is 3.71. The van der Waals surface area contributed by atoms with E-state index in [2.05, 4.69) is 87.4 Å². The van der Waals surface area contributed by atoms with Crippen LogP contribution in [0.4, 0.5) is 17.2 Å². The van der Waals surface area contributed by atoms with Gasteiger partial charge in [-0.15, -0.1) is 0 Å². The van der Waals surface area contributed by atoms with Crippen molar-refractivity contribution in [3.8, 4) is 0 Å². The third-order valence-corrected chi connectivity index (χ3v) is 7.83. The topological polar surface area (TPSA) is 35.0 Å². The Morgan fingerprint density at radius 2 is 1.33 bits per heavy atom. The Hall–Kier alpha value is -3.60. The molecule has 2 saturated heterocycles. The molecule has 3 aromatic rings. The number of nitrogens with zero attached hydrogens (tertiary/aromatic N) is 5. The van der Waals surface area contributed by atoms with E-state index in [0.29, 0.717) is 0 Å². The van der Waals surface area contributed by atoms with Crippen molar-refractivity contribution < 1.29 is 0 Å². The minimum Gasteiger partial charge on any atom is -0.372 e. The molecular formula is C31H35N5. The molecule has 1 aromatic heterocycles. The van der Waals surface area contributed by atoms with Crippen molar-refractivity contribution in [2.45, 2.75) is 38.6 Å². The van der Waals surface area contributed by atoms with E-state index in [1.807, 2.05) is 24.4 Å². The zero-order chi connectivity index (χ0) is 24.3. The lowest BCUT2D eigenvalue weighted by Crippen LogP contribution is -2.24. The Labute approximate surface area is 214 Å². The monoisotopic (exact) mass is 477 g/mol. The van der Waals surface area contributed by atoms with Crippen LogP contribution in [0.3, 0.4) is 0 Å². The molecular weight excluding hydrogens is 442 g/mol. The first-order chi connectivity index (χ1) is 17.8. The normalized spacial score (nSPS) is 22.1. The van der Waals surface area contributed by atoms with E-state index in [0.717, 1.165) is 24.6 Å². The van der Waals surface area contributed by atoms with E-state index in [-0.39, 0.29) is 12.0 Å². The first-order valence-electron chi connectivity index (χ1n) is 13.4. The number of hydrogen-bond acceptors (Lipinski definition) is 5. The highest BCUT2D eigenvalue weighted by atomic mass is 15.5. The van der Waals surface area contributed by atoms with Crippen LogP contribution in [0.5, 0.6) is 0 Å². The number of allylic oxidation sites excluding steroid dienone is 1. The summed E-state index contributed by atoms with van der Waals surface area (Å²) in [7, 11) is 0. The Balaban J connectivity index is 1.24. The molecule has 0 bridgehead atoms. The van der Waals surface area contributed by atoms with Gasteiger partial charge in [-0.3, -0.25) is 0 Å². The fourth-order valence-corrected chi connectivity index (χ4v) is 5.76. The summed E-state index contributed by atoms with van der Waals surface area (Å²) in [5.41, 5.74) is 6.21. The molecule has 36 heavy (non-hydrogen) atoms. The lowest BCUT2D eigenvalue weighted by Gasteiger charge is -2.26. The lowest BCUT2D eigenvalue weighted by atomic mass is 9.91. The van der Waals surface area contributed by atoms with E-state index >= 15 is 0 Å². The van der Waals surface area contributed by atoms with Gasteiger partial charge in [-0.25, -0.2) is 9.99 Å². The number of hydrazone groups is 1. The van der Waals surface area contributed by atoms with Gasteiger partial charge in [0.05, 0.1) is 11.8 Å². The largest absolute Gasteiger partial charge is 0.372 e. The van der Waals surface area contributed by atoms with Crippen LogP contribution >= 0.6 is 0 Å². The van der Waals surface area contributed by atoms with Crippen molar-refractivity contribution in [3.63, 3.8) is 0 Å². The van der Waals surface area contributed by atoms with Crippen LogP contribution in [0.15, 0.2) is 84.1 Å². The van der Waals surface area contributed by atoms with Crippen LogP contribution in [0.25, 0.3) is 6.08 Å². The van der Waals surface area contributed by atoms with Gasteiger partial charge in [0.2, 0.25) is 0 Å². The van der Waals surface area contributed by atoms with Gasteiger partial charge in [0.1, 0.15) is 5.82 Å². The summed E-state index contributed by atoms with van der Waals surface area (Å²) < 4.78 is 0. The fourth-order valence-electron chi connectivity index (χ4n) is 5.76. The van der Waals surface area contributed by atoms with E-state index in [4.69, 9.17) is 5.10 Å². The van der Waals surface area contributed by atoms with Gasteiger partial charge in [0.25, 0.3) is 0 Å². The van der Waals surface area contributed by atoms with Crippen LogP contribution in [0.1, 0.15) is 49.8 Å². The molecule has 2 atom stereocenters. The van der Waals surface area contributed by atoms with Crippen molar-refractivity contribution in [2.24, 2.45) is 11.0 Å². The zero-order valence-electron chi connectivity index (χ0n) is 21.1. The van der Waals surface area contributed by atoms with Crippen LogP contribution in [-0.4, -0.2) is 36.9 Å². The summed E-state index contributed by atoms with van der Waals surface area (Å²) >= 11 is 0. The van der Waals surface area contributed by atoms with Crippen molar-refractivity contribution in [3.05, 3.63) is 90.1 Å². The van der Waals surface area contributed by atoms with Gasteiger partial charge in [0.15, 0.2) is 0 Å². The summed E-state index contributed by atoms with van der Waals surface area (Å²) in [6.07, 6.45) is 11.4. The van der Waals surface area contributed by atoms with Gasteiger partial charge >= 0.3 is 0 Å². The Bertz CT molecular complexity index is 1200. The summed E-state index contributed by atoms with van der Waals surface area (Å²) in [5.74, 6) is 1.13. The maximum atomic E-state index is 5.07. The maximum absolute atomic E-state index is 5.07. The van der Waals surface area contributed by atoms with Crippen LogP contribution in [-0.2, 0) is 0 Å². The fraction of sp³-hybridized carbons (Fsp3) is 0.355. The van der Waals surface area contributed by atoms with E-state index < -0.39 is 0 Å². The highest BCUT2D eigenvalue weighted by Crippen LogP contribution is 2.39. The second-order valence-electron chi connectivity index (χ2n) is 10.2. The first kappa shape index (κ1) is 22.8. The predicted molar refractivity (Wildman–Crippen MR) is 151 cm³/mol. The number of anilines is 3. The van der Waals surface area contributed by atoms with Crippen molar-refractivity contribution in [1.29, 1.82) is 0 Å². The Morgan fingerprint density at radius 3 is 1.92 bits per heavy atom. The average molecular weight is 478 g/mol. The summed E-state index contributed by atoms with van der Waals surface area (Å²) in [4.78, 5) is 9.59. The first-order valence-corrected chi connectivity index (χ1v) is 13.4. The van der Waals surface area contributed by atoms with Gasteiger partial charge in [-0.05, 0) is 79.3 Å². The Kier molecular flexibility index (Phi) is 6.46. The molecule has 184 valence electrons.